The van der Waals surface area contributed by atoms with Gasteiger partial charge < -0.3 is 10.1 Å². The van der Waals surface area contributed by atoms with Crippen molar-refractivity contribution in [2.75, 3.05) is 12.4 Å². The molecular weight excluding hydrogens is 258 g/mol. The molecule has 108 valence electrons. The summed E-state index contributed by atoms with van der Waals surface area (Å²) >= 11 is 6.11. The van der Waals surface area contributed by atoms with Gasteiger partial charge in [-0.2, -0.15) is 0 Å². The quantitative estimate of drug-likeness (QED) is 0.603. The van der Waals surface area contributed by atoms with E-state index < -0.39 is 0 Å². The SMILES string of the molecule is CCCCCCCC(C)Nc1ccc(OC)c(Cl)c1. The highest BCUT2D eigenvalue weighted by atomic mass is 35.5. The second-order valence-electron chi connectivity index (χ2n) is 5.10. The highest BCUT2D eigenvalue weighted by Gasteiger charge is 2.05. The van der Waals surface area contributed by atoms with Crippen LogP contribution in [0.4, 0.5) is 5.69 Å². The van der Waals surface area contributed by atoms with Gasteiger partial charge in [0.25, 0.3) is 0 Å². The number of hydrogen-bond donors (Lipinski definition) is 1. The lowest BCUT2D eigenvalue weighted by atomic mass is 10.1. The zero-order chi connectivity index (χ0) is 14.1. The Morgan fingerprint density at radius 1 is 1.21 bits per heavy atom. The number of anilines is 1. The van der Waals surface area contributed by atoms with Crippen molar-refractivity contribution >= 4 is 17.3 Å². The van der Waals surface area contributed by atoms with E-state index in [1.807, 2.05) is 18.2 Å². The molecule has 0 saturated carbocycles. The Hall–Kier alpha value is -0.890. The van der Waals surface area contributed by atoms with Gasteiger partial charge in [-0.3, -0.25) is 0 Å². The second kappa shape index (κ2) is 9.08. The fourth-order valence-electron chi connectivity index (χ4n) is 2.17. The third-order valence-corrected chi connectivity index (χ3v) is 3.60. The summed E-state index contributed by atoms with van der Waals surface area (Å²) in [6.45, 7) is 4.47. The number of benzene rings is 1. The average molecular weight is 284 g/mol. The number of nitrogens with one attached hydrogen (secondary N) is 1. The van der Waals surface area contributed by atoms with Crippen molar-refractivity contribution in [2.24, 2.45) is 0 Å². The predicted octanol–water partition coefficient (Wildman–Crippen LogP) is 5.51. The van der Waals surface area contributed by atoms with Gasteiger partial charge in [0.05, 0.1) is 12.1 Å². The van der Waals surface area contributed by atoms with Crippen molar-refractivity contribution in [2.45, 2.75) is 58.4 Å². The largest absolute Gasteiger partial charge is 0.495 e. The van der Waals surface area contributed by atoms with E-state index in [-0.39, 0.29) is 0 Å². The van der Waals surface area contributed by atoms with Crippen molar-refractivity contribution in [1.82, 2.24) is 0 Å². The van der Waals surface area contributed by atoms with Crippen LogP contribution in [0.1, 0.15) is 52.4 Å². The first kappa shape index (κ1) is 16.2. The minimum Gasteiger partial charge on any atom is -0.495 e. The van der Waals surface area contributed by atoms with Gasteiger partial charge in [-0.15, -0.1) is 0 Å². The van der Waals surface area contributed by atoms with Crippen molar-refractivity contribution in [3.8, 4) is 5.75 Å². The molecule has 19 heavy (non-hydrogen) atoms. The van der Waals surface area contributed by atoms with Crippen LogP contribution in [-0.2, 0) is 0 Å². The normalized spacial score (nSPS) is 12.2. The predicted molar refractivity (Wildman–Crippen MR) is 84.5 cm³/mol. The lowest BCUT2D eigenvalue weighted by Crippen LogP contribution is -2.14. The molecule has 0 saturated heterocycles. The smallest absolute Gasteiger partial charge is 0.137 e. The lowest BCUT2D eigenvalue weighted by molar-refractivity contribution is 0.415. The highest BCUT2D eigenvalue weighted by Crippen LogP contribution is 2.27. The molecule has 3 heteroatoms. The molecule has 1 N–H and O–H groups in total. The molecule has 0 aliphatic rings. The van der Waals surface area contributed by atoms with E-state index >= 15 is 0 Å². The Balaban J connectivity index is 2.31. The molecule has 0 aliphatic carbocycles. The van der Waals surface area contributed by atoms with E-state index in [0.29, 0.717) is 11.1 Å². The molecule has 0 radical (unpaired) electrons. The number of methoxy groups -OCH3 is 1. The summed E-state index contributed by atoms with van der Waals surface area (Å²) in [6.07, 6.45) is 7.85. The van der Waals surface area contributed by atoms with Crippen molar-refractivity contribution in [1.29, 1.82) is 0 Å². The molecule has 0 aliphatic heterocycles. The standard InChI is InChI=1S/C16H26ClNO/c1-4-5-6-7-8-9-13(2)18-14-10-11-16(19-3)15(17)12-14/h10-13,18H,4-9H2,1-3H3. The van der Waals surface area contributed by atoms with Crippen LogP contribution in [0.25, 0.3) is 0 Å². The summed E-state index contributed by atoms with van der Waals surface area (Å²) < 4.78 is 5.15. The molecule has 0 fully saturated rings. The van der Waals surface area contributed by atoms with Gasteiger partial charge in [0.2, 0.25) is 0 Å². The third kappa shape index (κ3) is 6.20. The summed E-state index contributed by atoms with van der Waals surface area (Å²) in [6, 6.07) is 6.32. The van der Waals surface area contributed by atoms with Crippen LogP contribution in [-0.4, -0.2) is 13.2 Å². The minimum atomic E-state index is 0.478. The maximum absolute atomic E-state index is 6.11. The van der Waals surface area contributed by atoms with Crippen LogP contribution in [0.2, 0.25) is 5.02 Å². The lowest BCUT2D eigenvalue weighted by Gasteiger charge is -2.16. The topological polar surface area (TPSA) is 21.3 Å². The van der Waals surface area contributed by atoms with Gasteiger partial charge in [0.15, 0.2) is 0 Å². The molecule has 0 aromatic heterocycles. The summed E-state index contributed by atoms with van der Waals surface area (Å²) in [5, 5.41) is 4.14. The molecule has 0 bridgehead atoms. The Labute approximate surface area is 122 Å². The first-order valence-electron chi connectivity index (χ1n) is 7.27. The summed E-state index contributed by atoms with van der Waals surface area (Å²) in [7, 11) is 1.63. The van der Waals surface area contributed by atoms with Crippen molar-refractivity contribution in [3.63, 3.8) is 0 Å². The van der Waals surface area contributed by atoms with Crippen LogP contribution >= 0.6 is 11.6 Å². The second-order valence-corrected chi connectivity index (χ2v) is 5.50. The Morgan fingerprint density at radius 2 is 1.95 bits per heavy atom. The molecule has 0 heterocycles. The third-order valence-electron chi connectivity index (χ3n) is 3.31. The van der Waals surface area contributed by atoms with E-state index in [4.69, 9.17) is 16.3 Å². The number of rotatable bonds is 9. The minimum absolute atomic E-state index is 0.478. The zero-order valence-electron chi connectivity index (χ0n) is 12.3. The van der Waals surface area contributed by atoms with Gasteiger partial charge in [-0.25, -0.2) is 0 Å². The van der Waals surface area contributed by atoms with E-state index in [9.17, 15) is 0 Å². The maximum Gasteiger partial charge on any atom is 0.137 e. The van der Waals surface area contributed by atoms with E-state index in [1.165, 1.54) is 38.5 Å². The van der Waals surface area contributed by atoms with Crippen LogP contribution < -0.4 is 10.1 Å². The van der Waals surface area contributed by atoms with Gasteiger partial charge in [0.1, 0.15) is 5.75 Å². The Morgan fingerprint density at radius 3 is 2.58 bits per heavy atom. The Kier molecular flexibility index (Phi) is 7.73. The van der Waals surface area contributed by atoms with Crippen LogP contribution in [0, 0.1) is 0 Å². The van der Waals surface area contributed by atoms with Crippen LogP contribution in [0.5, 0.6) is 5.75 Å². The van der Waals surface area contributed by atoms with E-state index in [2.05, 4.69) is 19.2 Å². The molecule has 0 spiro atoms. The van der Waals surface area contributed by atoms with Gasteiger partial charge >= 0.3 is 0 Å². The van der Waals surface area contributed by atoms with E-state index in [0.717, 1.165) is 11.4 Å². The first-order chi connectivity index (χ1) is 9.17. The number of ether oxygens (including phenoxy) is 1. The monoisotopic (exact) mass is 283 g/mol. The van der Waals surface area contributed by atoms with Crippen molar-refractivity contribution in [3.05, 3.63) is 23.2 Å². The number of unbranched alkanes of at least 4 members (excludes halogenated alkanes) is 4. The van der Waals surface area contributed by atoms with Crippen LogP contribution in [0.3, 0.4) is 0 Å². The average Bonchev–Trinajstić information content (AvgIpc) is 2.39. The van der Waals surface area contributed by atoms with Crippen molar-refractivity contribution < 1.29 is 4.74 Å². The molecule has 1 aromatic carbocycles. The number of halogens is 1. The molecule has 0 amide bonds. The van der Waals surface area contributed by atoms with Crippen LogP contribution in [0.15, 0.2) is 18.2 Å². The van der Waals surface area contributed by atoms with Gasteiger partial charge in [-0.05, 0) is 31.5 Å². The Bertz CT molecular complexity index is 368. The van der Waals surface area contributed by atoms with E-state index in [1.54, 1.807) is 7.11 Å². The molecule has 1 rings (SSSR count). The molecule has 1 unspecified atom stereocenters. The molecule has 2 nitrogen and oxygen atoms in total. The fraction of sp³-hybridized carbons (Fsp3) is 0.625. The summed E-state index contributed by atoms with van der Waals surface area (Å²) in [5.74, 6) is 0.722. The molecule has 1 atom stereocenters. The fourth-order valence-corrected chi connectivity index (χ4v) is 2.42. The maximum atomic E-state index is 6.11. The summed E-state index contributed by atoms with van der Waals surface area (Å²) in [4.78, 5) is 0. The summed E-state index contributed by atoms with van der Waals surface area (Å²) in [5.41, 5.74) is 1.06. The number of hydrogen-bond acceptors (Lipinski definition) is 2. The first-order valence-corrected chi connectivity index (χ1v) is 7.65. The van der Waals surface area contributed by atoms with Gasteiger partial charge in [0, 0.05) is 11.7 Å². The highest BCUT2D eigenvalue weighted by molar-refractivity contribution is 6.32. The zero-order valence-corrected chi connectivity index (χ0v) is 13.1. The molecular formula is C16H26ClNO. The molecule has 1 aromatic rings. The van der Waals surface area contributed by atoms with Gasteiger partial charge in [-0.1, -0.05) is 50.6 Å².